The average molecular weight is 220 g/mol. The van der Waals surface area contributed by atoms with Crippen LogP contribution in [0.25, 0.3) is 0 Å². The molecule has 0 radical (unpaired) electrons. The number of aromatic nitrogens is 2. The van der Waals surface area contributed by atoms with Gasteiger partial charge in [0.05, 0.1) is 6.20 Å². The molecule has 0 aliphatic heterocycles. The molecule has 0 N–H and O–H groups in total. The van der Waals surface area contributed by atoms with Gasteiger partial charge in [0.15, 0.2) is 0 Å². The lowest BCUT2D eigenvalue weighted by molar-refractivity contribution is -0.124. The molecular weight excluding hydrogens is 200 g/mol. The molecule has 0 bridgehead atoms. The van der Waals surface area contributed by atoms with Crippen molar-refractivity contribution >= 4 is 5.78 Å². The number of carbonyl (C=O) groups is 1. The molecule has 1 aromatic rings. The summed E-state index contributed by atoms with van der Waals surface area (Å²) in [6.07, 6.45) is 7.70. The first kappa shape index (κ1) is 11.4. The summed E-state index contributed by atoms with van der Waals surface area (Å²) in [7, 11) is 1.88. The molecule has 16 heavy (non-hydrogen) atoms. The summed E-state index contributed by atoms with van der Waals surface area (Å²) in [5.74, 6) is 0.628. The normalized spacial score (nSPS) is 23.6. The van der Waals surface area contributed by atoms with E-state index in [0.29, 0.717) is 12.2 Å². The molecule has 0 aromatic carbocycles. The van der Waals surface area contributed by atoms with Crippen molar-refractivity contribution in [3.63, 3.8) is 0 Å². The van der Waals surface area contributed by atoms with Crippen LogP contribution in [0.3, 0.4) is 0 Å². The van der Waals surface area contributed by atoms with E-state index in [1.165, 1.54) is 12.8 Å². The number of Topliss-reactive ketones (excluding diaryl/α,β-unsaturated/α-hetero) is 1. The zero-order valence-electron chi connectivity index (χ0n) is 10.4. The molecular formula is C13H20N2O. The van der Waals surface area contributed by atoms with Gasteiger partial charge in [-0.2, -0.15) is 5.10 Å². The summed E-state index contributed by atoms with van der Waals surface area (Å²) < 4.78 is 1.75. The Morgan fingerprint density at radius 1 is 1.62 bits per heavy atom. The van der Waals surface area contributed by atoms with Crippen molar-refractivity contribution in [2.45, 2.75) is 39.5 Å². The van der Waals surface area contributed by atoms with Gasteiger partial charge >= 0.3 is 0 Å². The van der Waals surface area contributed by atoms with Crippen LogP contribution in [-0.2, 0) is 18.3 Å². The van der Waals surface area contributed by atoms with Crippen LogP contribution in [0.15, 0.2) is 12.4 Å². The monoisotopic (exact) mass is 220 g/mol. The summed E-state index contributed by atoms with van der Waals surface area (Å²) >= 11 is 0. The lowest BCUT2D eigenvalue weighted by atomic mass is 9.78. The van der Waals surface area contributed by atoms with E-state index in [1.54, 1.807) is 10.9 Å². The molecule has 0 amide bonds. The Labute approximate surface area is 96.8 Å². The molecule has 1 unspecified atom stereocenters. The summed E-state index contributed by atoms with van der Waals surface area (Å²) in [5.41, 5.74) is 1.23. The Morgan fingerprint density at radius 3 is 2.88 bits per heavy atom. The number of carbonyl (C=O) groups excluding carboxylic acids is 1. The molecule has 1 heterocycles. The first-order valence-corrected chi connectivity index (χ1v) is 5.99. The number of aryl methyl sites for hydroxylation is 1. The van der Waals surface area contributed by atoms with Gasteiger partial charge in [-0.3, -0.25) is 9.48 Å². The van der Waals surface area contributed by atoms with Crippen molar-refractivity contribution in [2.24, 2.45) is 18.4 Å². The largest absolute Gasteiger partial charge is 0.299 e. The Kier molecular flexibility index (Phi) is 2.87. The van der Waals surface area contributed by atoms with Crippen LogP contribution in [0.5, 0.6) is 0 Å². The highest BCUT2D eigenvalue weighted by molar-refractivity contribution is 5.84. The van der Waals surface area contributed by atoms with Crippen LogP contribution in [0.2, 0.25) is 0 Å². The summed E-state index contributed by atoms with van der Waals surface area (Å²) in [5, 5.41) is 4.10. The van der Waals surface area contributed by atoms with Gasteiger partial charge in [-0.05, 0) is 23.8 Å². The second-order valence-corrected chi connectivity index (χ2v) is 5.60. The molecule has 0 spiro atoms. The van der Waals surface area contributed by atoms with Crippen molar-refractivity contribution in [1.29, 1.82) is 0 Å². The molecule has 1 aromatic heterocycles. The van der Waals surface area contributed by atoms with Crippen molar-refractivity contribution in [3.8, 4) is 0 Å². The maximum atomic E-state index is 12.2. The molecule has 3 nitrogen and oxygen atoms in total. The van der Waals surface area contributed by atoms with Gasteiger partial charge in [0.25, 0.3) is 0 Å². The van der Waals surface area contributed by atoms with E-state index in [2.05, 4.69) is 18.9 Å². The minimum Gasteiger partial charge on any atom is -0.299 e. The average Bonchev–Trinajstić information content (AvgIpc) is 2.72. The Hall–Kier alpha value is -1.12. The van der Waals surface area contributed by atoms with Crippen molar-refractivity contribution in [1.82, 2.24) is 9.78 Å². The van der Waals surface area contributed by atoms with E-state index in [1.807, 2.05) is 13.2 Å². The molecule has 1 atom stereocenters. The Morgan fingerprint density at radius 2 is 2.38 bits per heavy atom. The first-order chi connectivity index (χ1) is 7.49. The fourth-order valence-electron chi connectivity index (χ4n) is 2.81. The van der Waals surface area contributed by atoms with Crippen molar-refractivity contribution in [2.75, 3.05) is 0 Å². The van der Waals surface area contributed by atoms with Gasteiger partial charge in [-0.25, -0.2) is 0 Å². The summed E-state index contributed by atoms with van der Waals surface area (Å²) in [4.78, 5) is 12.2. The zero-order chi connectivity index (χ0) is 11.8. The number of hydrogen-bond acceptors (Lipinski definition) is 2. The SMILES string of the molecule is Cn1cc(CC(=O)C2CCCC2(C)C)cn1. The van der Waals surface area contributed by atoms with Crippen LogP contribution in [0.1, 0.15) is 38.7 Å². The van der Waals surface area contributed by atoms with E-state index in [-0.39, 0.29) is 11.3 Å². The molecule has 1 aliphatic rings. The van der Waals surface area contributed by atoms with E-state index in [0.717, 1.165) is 12.0 Å². The third-order valence-corrected chi connectivity index (χ3v) is 3.78. The van der Waals surface area contributed by atoms with E-state index in [4.69, 9.17) is 0 Å². The highest BCUT2D eigenvalue weighted by Gasteiger charge is 2.38. The zero-order valence-corrected chi connectivity index (χ0v) is 10.4. The topological polar surface area (TPSA) is 34.9 Å². The van der Waals surface area contributed by atoms with Gasteiger partial charge in [-0.1, -0.05) is 20.3 Å². The Balaban J connectivity index is 2.03. The standard InChI is InChI=1S/C13H20N2O/c1-13(2)6-4-5-11(13)12(16)7-10-8-14-15(3)9-10/h8-9,11H,4-7H2,1-3H3. The number of rotatable bonds is 3. The predicted octanol–water partition coefficient (Wildman–Crippen LogP) is 2.36. The summed E-state index contributed by atoms with van der Waals surface area (Å²) in [6, 6.07) is 0. The van der Waals surface area contributed by atoms with Crippen LogP contribution in [-0.4, -0.2) is 15.6 Å². The van der Waals surface area contributed by atoms with E-state index >= 15 is 0 Å². The number of ketones is 1. The van der Waals surface area contributed by atoms with Gasteiger partial charge in [-0.15, -0.1) is 0 Å². The van der Waals surface area contributed by atoms with Gasteiger partial charge < -0.3 is 0 Å². The maximum Gasteiger partial charge on any atom is 0.140 e. The van der Waals surface area contributed by atoms with Gasteiger partial charge in [0.2, 0.25) is 0 Å². The number of hydrogen-bond donors (Lipinski definition) is 0. The fraction of sp³-hybridized carbons (Fsp3) is 0.692. The maximum absolute atomic E-state index is 12.2. The second-order valence-electron chi connectivity index (χ2n) is 5.60. The lowest BCUT2D eigenvalue weighted by Crippen LogP contribution is -2.26. The molecule has 88 valence electrons. The quantitative estimate of drug-likeness (QED) is 0.783. The minimum atomic E-state index is 0.194. The highest BCUT2D eigenvalue weighted by atomic mass is 16.1. The minimum absolute atomic E-state index is 0.194. The third kappa shape index (κ3) is 2.18. The van der Waals surface area contributed by atoms with Crippen LogP contribution >= 0.6 is 0 Å². The van der Waals surface area contributed by atoms with Crippen LogP contribution < -0.4 is 0 Å². The fourth-order valence-corrected chi connectivity index (χ4v) is 2.81. The summed E-state index contributed by atoms with van der Waals surface area (Å²) in [6.45, 7) is 4.43. The lowest BCUT2D eigenvalue weighted by Gasteiger charge is -2.25. The first-order valence-electron chi connectivity index (χ1n) is 5.99. The molecule has 3 heteroatoms. The number of nitrogens with zero attached hydrogens (tertiary/aromatic N) is 2. The Bertz CT molecular complexity index is 392. The van der Waals surface area contributed by atoms with Gasteiger partial charge in [0, 0.05) is 25.6 Å². The van der Waals surface area contributed by atoms with Gasteiger partial charge in [0.1, 0.15) is 5.78 Å². The smallest absolute Gasteiger partial charge is 0.140 e. The molecule has 1 saturated carbocycles. The van der Waals surface area contributed by atoms with Crippen molar-refractivity contribution < 1.29 is 4.79 Å². The third-order valence-electron chi connectivity index (χ3n) is 3.78. The van der Waals surface area contributed by atoms with E-state index < -0.39 is 0 Å². The second kappa shape index (κ2) is 4.04. The molecule has 1 aliphatic carbocycles. The molecule has 1 fully saturated rings. The van der Waals surface area contributed by atoms with Crippen molar-refractivity contribution in [3.05, 3.63) is 18.0 Å². The predicted molar refractivity (Wildman–Crippen MR) is 63.0 cm³/mol. The highest BCUT2D eigenvalue weighted by Crippen LogP contribution is 2.43. The van der Waals surface area contributed by atoms with Crippen LogP contribution in [0.4, 0.5) is 0 Å². The molecule has 0 saturated heterocycles. The van der Waals surface area contributed by atoms with Crippen LogP contribution in [0, 0.1) is 11.3 Å². The van der Waals surface area contributed by atoms with E-state index in [9.17, 15) is 4.79 Å². The molecule has 2 rings (SSSR count).